The lowest BCUT2D eigenvalue weighted by Crippen LogP contribution is -2.55. The van der Waals surface area contributed by atoms with Crippen LogP contribution in [0.25, 0.3) is 0 Å². The van der Waals surface area contributed by atoms with Crippen LogP contribution in [-0.4, -0.2) is 63.6 Å². The van der Waals surface area contributed by atoms with Crippen LogP contribution in [-0.2, 0) is 14.3 Å². The van der Waals surface area contributed by atoms with Crippen LogP contribution in [0.1, 0.15) is 58.3 Å². The van der Waals surface area contributed by atoms with E-state index >= 15 is 0 Å². The molecule has 0 aromatic carbocycles. The number of nitrogens with one attached hydrogen (secondary N) is 1. The molecule has 3 N–H and O–H groups in total. The number of carbonyl (C=O) groups is 3. The third kappa shape index (κ3) is 3.62. The zero-order valence-corrected chi connectivity index (χ0v) is 17.3. The quantitative estimate of drug-likeness (QED) is 0.464. The first-order chi connectivity index (χ1) is 14.4. The number of nitrogens with zero attached hydrogens (tertiary/aromatic N) is 2. The Balaban J connectivity index is 1.59. The zero-order valence-electron chi connectivity index (χ0n) is 17.3. The van der Waals surface area contributed by atoms with Gasteiger partial charge in [-0.05, 0) is 32.6 Å². The van der Waals surface area contributed by atoms with Crippen LogP contribution in [0.15, 0.2) is 5.10 Å². The van der Waals surface area contributed by atoms with Crippen molar-refractivity contribution in [3.63, 3.8) is 0 Å². The minimum atomic E-state index is -1.10. The second-order valence-electron chi connectivity index (χ2n) is 8.93. The Bertz CT molecular complexity index is 734. The Morgan fingerprint density at radius 1 is 1.10 bits per heavy atom. The van der Waals surface area contributed by atoms with Gasteiger partial charge in [0, 0.05) is 30.0 Å². The number of imide groups is 1. The molecule has 3 aliphatic carbocycles. The molecular weight excluding hydrogens is 390 g/mol. The highest BCUT2D eigenvalue weighted by Crippen LogP contribution is 2.50. The molecule has 0 aromatic rings. The lowest BCUT2D eigenvalue weighted by Gasteiger charge is -2.45. The van der Waals surface area contributed by atoms with Crippen molar-refractivity contribution in [3.05, 3.63) is 0 Å². The van der Waals surface area contributed by atoms with Crippen LogP contribution in [0.2, 0.25) is 0 Å². The highest BCUT2D eigenvalue weighted by Gasteiger charge is 2.60. The first kappa shape index (κ1) is 21.2. The number of likely N-dealkylation sites (tertiary alicyclic amines) is 1. The standard InChI is InChI=1S/C21H31N3O6/c1-2-30-21(29)23-22-14-10-15(25)18(26)16-12(14)8-9-13-17(16)20(28)24(19(13)27)11-6-4-3-5-7-11/h11-13,15-18,25-26H,2-10H2,1H3,(H,23,29)/t12-,13+,15+,16-,17-,18+/m0/s1. The summed E-state index contributed by atoms with van der Waals surface area (Å²) >= 11 is 0. The van der Waals surface area contributed by atoms with Gasteiger partial charge in [0.05, 0.1) is 30.7 Å². The molecule has 1 aliphatic heterocycles. The van der Waals surface area contributed by atoms with Crippen LogP contribution in [0.3, 0.4) is 0 Å². The van der Waals surface area contributed by atoms with E-state index in [4.69, 9.17) is 4.74 Å². The molecule has 0 bridgehead atoms. The fourth-order valence-electron chi connectivity index (χ4n) is 6.00. The summed E-state index contributed by atoms with van der Waals surface area (Å²) in [5, 5.41) is 25.4. The van der Waals surface area contributed by atoms with Crippen LogP contribution < -0.4 is 5.43 Å². The van der Waals surface area contributed by atoms with E-state index in [-0.39, 0.29) is 36.8 Å². The minimum absolute atomic E-state index is 0.0490. The molecule has 4 aliphatic rings. The summed E-state index contributed by atoms with van der Waals surface area (Å²) in [5.41, 5.74) is 2.88. The average Bonchev–Trinajstić information content (AvgIpc) is 3.00. The average molecular weight is 421 g/mol. The Morgan fingerprint density at radius 3 is 2.50 bits per heavy atom. The predicted octanol–water partition coefficient (Wildman–Crippen LogP) is 1.17. The van der Waals surface area contributed by atoms with Gasteiger partial charge in [-0.1, -0.05) is 19.3 Å². The topological polar surface area (TPSA) is 129 Å². The number of hydrogen-bond donors (Lipinski definition) is 3. The molecule has 0 radical (unpaired) electrons. The summed E-state index contributed by atoms with van der Waals surface area (Å²) in [6.07, 6.45) is 3.18. The lowest BCUT2D eigenvalue weighted by molar-refractivity contribution is -0.145. The molecule has 30 heavy (non-hydrogen) atoms. The molecule has 9 nitrogen and oxygen atoms in total. The smallest absolute Gasteiger partial charge is 0.427 e. The molecule has 0 unspecified atom stereocenters. The van der Waals surface area contributed by atoms with Gasteiger partial charge < -0.3 is 14.9 Å². The summed E-state index contributed by atoms with van der Waals surface area (Å²) in [6.45, 7) is 1.90. The van der Waals surface area contributed by atoms with Gasteiger partial charge in [0.2, 0.25) is 11.8 Å². The van der Waals surface area contributed by atoms with E-state index in [0.29, 0.717) is 18.6 Å². The van der Waals surface area contributed by atoms with Gasteiger partial charge in [-0.2, -0.15) is 5.10 Å². The molecule has 166 valence electrons. The second kappa shape index (κ2) is 8.63. The van der Waals surface area contributed by atoms with Crippen LogP contribution in [0.5, 0.6) is 0 Å². The van der Waals surface area contributed by atoms with Gasteiger partial charge in [0.25, 0.3) is 0 Å². The molecule has 3 saturated carbocycles. The summed E-state index contributed by atoms with van der Waals surface area (Å²) in [6, 6.07) is -0.0490. The van der Waals surface area contributed by atoms with Crippen molar-refractivity contribution in [1.82, 2.24) is 10.3 Å². The molecule has 0 aromatic heterocycles. The Labute approximate surface area is 175 Å². The highest BCUT2D eigenvalue weighted by molar-refractivity contribution is 6.06. The van der Waals surface area contributed by atoms with Crippen molar-refractivity contribution >= 4 is 23.6 Å². The fourth-order valence-corrected chi connectivity index (χ4v) is 6.00. The van der Waals surface area contributed by atoms with E-state index in [1.54, 1.807) is 6.92 Å². The Hall–Kier alpha value is -2.00. The number of fused-ring (bicyclic) bond motifs is 3. The van der Waals surface area contributed by atoms with Gasteiger partial charge in [0.15, 0.2) is 0 Å². The zero-order chi connectivity index (χ0) is 21.4. The number of amides is 3. The van der Waals surface area contributed by atoms with E-state index in [0.717, 1.165) is 32.1 Å². The number of hydrazone groups is 1. The first-order valence-electron chi connectivity index (χ1n) is 11.2. The van der Waals surface area contributed by atoms with E-state index in [9.17, 15) is 24.6 Å². The van der Waals surface area contributed by atoms with Gasteiger partial charge in [-0.25, -0.2) is 10.2 Å². The molecule has 4 rings (SSSR count). The monoisotopic (exact) mass is 421 g/mol. The van der Waals surface area contributed by atoms with Crippen molar-refractivity contribution < 1.29 is 29.3 Å². The summed E-state index contributed by atoms with van der Waals surface area (Å²) in [7, 11) is 0. The maximum atomic E-state index is 13.4. The third-order valence-corrected chi connectivity index (χ3v) is 7.32. The van der Waals surface area contributed by atoms with Gasteiger partial charge in [-0.3, -0.25) is 14.5 Å². The Morgan fingerprint density at radius 2 is 1.80 bits per heavy atom. The fraction of sp³-hybridized carbons (Fsp3) is 0.810. The number of ether oxygens (including phenoxy) is 1. The minimum Gasteiger partial charge on any atom is -0.449 e. The number of carbonyl (C=O) groups excluding carboxylic acids is 3. The predicted molar refractivity (Wildman–Crippen MR) is 106 cm³/mol. The summed E-state index contributed by atoms with van der Waals surface area (Å²) in [5.74, 6) is -2.27. The van der Waals surface area contributed by atoms with Crippen LogP contribution >= 0.6 is 0 Å². The molecule has 1 saturated heterocycles. The molecule has 4 fully saturated rings. The number of aliphatic hydroxyl groups is 2. The Kier molecular flexibility index (Phi) is 6.11. The van der Waals surface area contributed by atoms with Crippen LogP contribution in [0, 0.1) is 23.7 Å². The van der Waals surface area contributed by atoms with Gasteiger partial charge in [0.1, 0.15) is 0 Å². The normalized spacial score (nSPS) is 38.4. The summed E-state index contributed by atoms with van der Waals surface area (Å²) < 4.78 is 4.82. The largest absolute Gasteiger partial charge is 0.449 e. The number of rotatable bonds is 3. The van der Waals surface area contributed by atoms with Crippen molar-refractivity contribution in [1.29, 1.82) is 0 Å². The maximum Gasteiger partial charge on any atom is 0.427 e. The summed E-state index contributed by atoms with van der Waals surface area (Å²) in [4.78, 5) is 39.6. The second-order valence-corrected chi connectivity index (χ2v) is 8.93. The number of hydrogen-bond acceptors (Lipinski definition) is 7. The van der Waals surface area contributed by atoms with Gasteiger partial charge >= 0.3 is 6.09 Å². The number of aliphatic hydroxyl groups excluding tert-OH is 2. The molecule has 3 amide bonds. The van der Waals surface area contributed by atoms with E-state index in [1.165, 1.54) is 4.90 Å². The van der Waals surface area contributed by atoms with Crippen molar-refractivity contribution in [2.45, 2.75) is 76.5 Å². The highest BCUT2D eigenvalue weighted by atomic mass is 16.5. The first-order valence-corrected chi connectivity index (χ1v) is 11.2. The van der Waals surface area contributed by atoms with Gasteiger partial charge in [-0.15, -0.1) is 0 Å². The maximum absolute atomic E-state index is 13.4. The van der Waals surface area contributed by atoms with Crippen molar-refractivity contribution in [2.24, 2.45) is 28.8 Å². The molecule has 6 atom stereocenters. The van der Waals surface area contributed by atoms with E-state index in [1.807, 2.05) is 0 Å². The SMILES string of the molecule is CCOC(=O)NN=C1C[C@@H](O)[C@@H](O)[C@@H]2[C@H]3C(=O)N(C4CCCCC4)C(=O)[C@@H]3CC[C@@H]12. The third-order valence-electron chi connectivity index (χ3n) is 7.32. The van der Waals surface area contributed by atoms with E-state index in [2.05, 4.69) is 10.5 Å². The lowest BCUT2D eigenvalue weighted by atomic mass is 9.60. The molecule has 0 spiro atoms. The molecule has 9 heteroatoms. The van der Waals surface area contributed by atoms with Crippen LogP contribution in [0.4, 0.5) is 4.79 Å². The van der Waals surface area contributed by atoms with E-state index < -0.39 is 36.1 Å². The molecule has 1 heterocycles. The molecular formula is C21H31N3O6. The van der Waals surface area contributed by atoms with Crippen molar-refractivity contribution in [2.75, 3.05) is 6.61 Å². The van der Waals surface area contributed by atoms with Crippen molar-refractivity contribution in [3.8, 4) is 0 Å².